The molecular formula is C12H23NO2. The van der Waals surface area contributed by atoms with Gasteiger partial charge in [0.05, 0.1) is 0 Å². The molecule has 0 aliphatic carbocycles. The first-order valence-corrected chi connectivity index (χ1v) is 6.13. The molecule has 0 aromatic carbocycles. The van der Waals surface area contributed by atoms with Gasteiger partial charge < -0.3 is 10.0 Å². The lowest BCUT2D eigenvalue weighted by molar-refractivity contribution is -0.137. The Hall–Kier alpha value is -0.570. The second-order valence-electron chi connectivity index (χ2n) is 4.55. The van der Waals surface area contributed by atoms with Crippen molar-refractivity contribution in [3.05, 3.63) is 0 Å². The highest BCUT2D eigenvalue weighted by molar-refractivity contribution is 5.66. The summed E-state index contributed by atoms with van der Waals surface area (Å²) in [6.07, 6.45) is 4.79. The number of aliphatic carboxylic acids is 1. The molecule has 1 N–H and O–H groups in total. The molecule has 88 valence electrons. The molecule has 1 aliphatic heterocycles. The van der Waals surface area contributed by atoms with Crippen LogP contribution < -0.4 is 0 Å². The largest absolute Gasteiger partial charge is 0.481 e. The summed E-state index contributed by atoms with van der Waals surface area (Å²) in [6.45, 7) is 6.74. The predicted molar refractivity (Wildman–Crippen MR) is 60.9 cm³/mol. The van der Waals surface area contributed by atoms with Gasteiger partial charge >= 0.3 is 5.97 Å². The van der Waals surface area contributed by atoms with Crippen molar-refractivity contribution in [1.29, 1.82) is 0 Å². The Kier molecular flexibility index (Phi) is 5.09. The van der Waals surface area contributed by atoms with Crippen molar-refractivity contribution in [3.8, 4) is 0 Å². The van der Waals surface area contributed by atoms with Gasteiger partial charge in [-0.05, 0) is 38.1 Å². The molecule has 3 heteroatoms. The minimum atomic E-state index is -0.656. The summed E-state index contributed by atoms with van der Waals surface area (Å²) in [5.41, 5.74) is 0. The van der Waals surface area contributed by atoms with Crippen LogP contribution in [-0.4, -0.2) is 35.1 Å². The molecule has 1 rings (SSSR count). The normalized spacial score (nSPS) is 22.5. The highest BCUT2D eigenvalue weighted by Crippen LogP contribution is 2.24. The van der Waals surface area contributed by atoms with Crippen molar-refractivity contribution < 1.29 is 9.90 Å². The van der Waals surface area contributed by atoms with Gasteiger partial charge in [0.1, 0.15) is 0 Å². The molecule has 3 nitrogen and oxygen atoms in total. The molecule has 1 saturated heterocycles. The molecule has 1 atom stereocenters. The van der Waals surface area contributed by atoms with E-state index in [1.54, 1.807) is 0 Å². The van der Waals surface area contributed by atoms with Crippen LogP contribution in [-0.2, 0) is 4.79 Å². The zero-order valence-corrected chi connectivity index (χ0v) is 9.91. The summed E-state index contributed by atoms with van der Waals surface area (Å²) in [5, 5.41) is 8.63. The van der Waals surface area contributed by atoms with E-state index in [-0.39, 0.29) is 0 Å². The molecule has 0 amide bonds. The van der Waals surface area contributed by atoms with Crippen molar-refractivity contribution in [2.45, 2.75) is 52.0 Å². The third-order valence-corrected chi connectivity index (χ3v) is 3.54. The molecule has 1 unspecified atom stereocenters. The SMILES string of the molecule is CCC(CC)N1CCC(CCC(=O)O)C1. The second kappa shape index (κ2) is 6.11. The summed E-state index contributed by atoms with van der Waals surface area (Å²) in [7, 11) is 0. The first-order valence-electron chi connectivity index (χ1n) is 6.13. The monoisotopic (exact) mass is 213 g/mol. The van der Waals surface area contributed by atoms with Crippen LogP contribution in [0.5, 0.6) is 0 Å². The Morgan fingerprint density at radius 2 is 2.13 bits per heavy atom. The van der Waals surface area contributed by atoms with E-state index < -0.39 is 5.97 Å². The highest BCUT2D eigenvalue weighted by Gasteiger charge is 2.26. The van der Waals surface area contributed by atoms with Crippen LogP contribution in [0.3, 0.4) is 0 Å². The summed E-state index contributed by atoms with van der Waals surface area (Å²) < 4.78 is 0. The fourth-order valence-corrected chi connectivity index (χ4v) is 2.56. The quantitative estimate of drug-likeness (QED) is 0.736. The predicted octanol–water partition coefficient (Wildman–Crippen LogP) is 2.36. The van der Waals surface area contributed by atoms with Gasteiger partial charge in [0, 0.05) is 19.0 Å². The van der Waals surface area contributed by atoms with Crippen molar-refractivity contribution >= 4 is 5.97 Å². The van der Waals surface area contributed by atoms with Gasteiger partial charge in [0.2, 0.25) is 0 Å². The van der Waals surface area contributed by atoms with Crippen LogP contribution in [0.4, 0.5) is 0 Å². The van der Waals surface area contributed by atoms with Gasteiger partial charge in [0.15, 0.2) is 0 Å². The van der Waals surface area contributed by atoms with E-state index in [1.807, 2.05) is 0 Å². The lowest BCUT2D eigenvalue weighted by Gasteiger charge is -2.25. The van der Waals surface area contributed by atoms with E-state index in [0.29, 0.717) is 18.4 Å². The van der Waals surface area contributed by atoms with Crippen LogP contribution in [0, 0.1) is 5.92 Å². The third kappa shape index (κ3) is 3.82. The number of carboxylic acid groups (broad SMARTS) is 1. The fourth-order valence-electron chi connectivity index (χ4n) is 2.56. The number of carboxylic acids is 1. The molecule has 0 spiro atoms. The van der Waals surface area contributed by atoms with Crippen molar-refractivity contribution in [2.24, 2.45) is 5.92 Å². The van der Waals surface area contributed by atoms with Gasteiger partial charge in [-0.3, -0.25) is 4.79 Å². The maximum absolute atomic E-state index is 10.5. The Morgan fingerprint density at radius 1 is 1.47 bits per heavy atom. The van der Waals surface area contributed by atoms with Gasteiger partial charge in [-0.2, -0.15) is 0 Å². The zero-order chi connectivity index (χ0) is 11.3. The maximum Gasteiger partial charge on any atom is 0.303 e. The average molecular weight is 213 g/mol. The molecule has 0 radical (unpaired) electrons. The number of carbonyl (C=O) groups is 1. The molecule has 1 aliphatic rings. The van der Waals surface area contributed by atoms with Crippen molar-refractivity contribution in [1.82, 2.24) is 4.90 Å². The van der Waals surface area contributed by atoms with E-state index in [0.717, 1.165) is 19.5 Å². The molecule has 1 heterocycles. The Bertz CT molecular complexity index is 202. The van der Waals surface area contributed by atoms with Crippen molar-refractivity contribution in [3.63, 3.8) is 0 Å². The van der Waals surface area contributed by atoms with E-state index in [1.165, 1.54) is 19.3 Å². The van der Waals surface area contributed by atoms with Crippen LogP contribution in [0.2, 0.25) is 0 Å². The number of hydrogen-bond donors (Lipinski definition) is 1. The molecule has 0 bridgehead atoms. The summed E-state index contributed by atoms with van der Waals surface area (Å²) in [6, 6.07) is 0.708. The number of likely N-dealkylation sites (tertiary alicyclic amines) is 1. The number of rotatable bonds is 6. The first-order chi connectivity index (χ1) is 7.17. The van der Waals surface area contributed by atoms with E-state index in [2.05, 4.69) is 18.7 Å². The minimum Gasteiger partial charge on any atom is -0.481 e. The lowest BCUT2D eigenvalue weighted by Crippen LogP contribution is -2.32. The van der Waals surface area contributed by atoms with Gasteiger partial charge in [0.25, 0.3) is 0 Å². The van der Waals surface area contributed by atoms with Gasteiger partial charge in [-0.25, -0.2) is 0 Å². The van der Waals surface area contributed by atoms with E-state index >= 15 is 0 Å². The minimum absolute atomic E-state index is 0.335. The fraction of sp³-hybridized carbons (Fsp3) is 0.917. The summed E-state index contributed by atoms with van der Waals surface area (Å²) >= 11 is 0. The summed E-state index contributed by atoms with van der Waals surface area (Å²) in [5.74, 6) is -0.0438. The topological polar surface area (TPSA) is 40.5 Å². The Labute approximate surface area is 92.5 Å². The first kappa shape index (κ1) is 12.5. The molecule has 1 fully saturated rings. The molecular weight excluding hydrogens is 190 g/mol. The molecule has 0 aromatic rings. The Morgan fingerprint density at radius 3 is 2.67 bits per heavy atom. The highest BCUT2D eigenvalue weighted by atomic mass is 16.4. The number of hydrogen-bond acceptors (Lipinski definition) is 2. The van der Waals surface area contributed by atoms with Gasteiger partial charge in [-0.1, -0.05) is 13.8 Å². The molecule has 15 heavy (non-hydrogen) atoms. The van der Waals surface area contributed by atoms with Crippen LogP contribution in [0.25, 0.3) is 0 Å². The zero-order valence-electron chi connectivity index (χ0n) is 9.91. The van der Waals surface area contributed by atoms with Crippen molar-refractivity contribution in [2.75, 3.05) is 13.1 Å². The molecule has 0 aromatic heterocycles. The molecule has 0 saturated carbocycles. The lowest BCUT2D eigenvalue weighted by atomic mass is 10.0. The number of nitrogens with zero attached hydrogens (tertiary/aromatic N) is 1. The van der Waals surface area contributed by atoms with Crippen LogP contribution >= 0.6 is 0 Å². The summed E-state index contributed by atoms with van der Waals surface area (Å²) in [4.78, 5) is 13.0. The van der Waals surface area contributed by atoms with Gasteiger partial charge in [-0.15, -0.1) is 0 Å². The average Bonchev–Trinajstić information content (AvgIpc) is 2.65. The van der Waals surface area contributed by atoms with E-state index in [4.69, 9.17) is 5.11 Å². The maximum atomic E-state index is 10.5. The Balaban J connectivity index is 2.28. The van der Waals surface area contributed by atoms with Crippen LogP contribution in [0.15, 0.2) is 0 Å². The van der Waals surface area contributed by atoms with E-state index in [9.17, 15) is 4.79 Å². The smallest absolute Gasteiger partial charge is 0.303 e. The van der Waals surface area contributed by atoms with Crippen LogP contribution in [0.1, 0.15) is 46.0 Å². The third-order valence-electron chi connectivity index (χ3n) is 3.54. The second-order valence-corrected chi connectivity index (χ2v) is 4.55. The standard InChI is InChI=1S/C12H23NO2/c1-3-11(4-2)13-8-7-10(9-13)5-6-12(14)15/h10-11H,3-9H2,1-2H3,(H,14,15).